The zero-order chi connectivity index (χ0) is 17.8. The van der Waals surface area contributed by atoms with E-state index < -0.39 is 0 Å². The van der Waals surface area contributed by atoms with Gasteiger partial charge in [-0.2, -0.15) is 0 Å². The van der Waals surface area contributed by atoms with E-state index >= 15 is 0 Å². The average molecular weight is 344 g/mol. The van der Waals surface area contributed by atoms with Gasteiger partial charge in [-0.15, -0.1) is 0 Å². The number of aryl methyl sites for hydroxylation is 1. The number of hydrogen-bond donors (Lipinski definition) is 0. The molecule has 2 amide bonds. The number of amides is 2. The molecule has 0 aliphatic carbocycles. The van der Waals surface area contributed by atoms with E-state index in [0.717, 1.165) is 25.8 Å². The van der Waals surface area contributed by atoms with Crippen LogP contribution in [0.5, 0.6) is 0 Å². The topological polar surface area (TPSA) is 49.9 Å². The molecule has 5 heteroatoms. The van der Waals surface area contributed by atoms with Gasteiger partial charge in [-0.1, -0.05) is 30.3 Å². The predicted molar refractivity (Wildman–Crippen MR) is 96.1 cm³/mol. The summed E-state index contributed by atoms with van der Waals surface area (Å²) in [5.41, 5.74) is 1.19. The molecule has 2 saturated heterocycles. The Morgan fingerprint density at radius 3 is 2.64 bits per heavy atom. The van der Waals surface area contributed by atoms with Crippen LogP contribution in [0, 0.1) is 0 Å². The number of carbonyl (C=O) groups is 2. The third-order valence-electron chi connectivity index (χ3n) is 5.25. The van der Waals surface area contributed by atoms with Crippen LogP contribution in [0.4, 0.5) is 0 Å². The number of rotatable bonds is 4. The molecule has 0 radical (unpaired) electrons. The zero-order valence-electron chi connectivity index (χ0n) is 15.2. The Bertz CT molecular complexity index is 602. The van der Waals surface area contributed by atoms with Crippen LogP contribution in [0.3, 0.4) is 0 Å². The molecule has 25 heavy (non-hydrogen) atoms. The van der Waals surface area contributed by atoms with Gasteiger partial charge in [-0.25, -0.2) is 0 Å². The van der Waals surface area contributed by atoms with Gasteiger partial charge in [0, 0.05) is 25.6 Å². The molecule has 0 saturated carbocycles. The number of benzene rings is 1. The summed E-state index contributed by atoms with van der Waals surface area (Å²) in [6.45, 7) is 5.69. The van der Waals surface area contributed by atoms with Crippen LogP contribution in [0.2, 0.25) is 0 Å². The number of morpholine rings is 1. The van der Waals surface area contributed by atoms with Crippen molar-refractivity contribution in [2.45, 2.75) is 57.7 Å². The molecule has 0 bridgehead atoms. The van der Waals surface area contributed by atoms with Gasteiger partial charge in [0.1, 0.15) is 6.61 Å². The lowest BCUT2D eigenvalue weighted by Crippen LogP contribution is -2.56. The van der Waals surface area contributed by atoms with Crippen molar-refractivity contribution in [1.29, 1.82) is 0 Å². The highest BCUT2D eigenvalue weighted by Gasteiger charge is 2.39. The molecule has 0 unspecified atom stereocenters. The first-order valence-electron chi connectivity index (χ1n) is 9.30. The van der Waals surface area contributed by atoms with Crippen LogP contribution < -0.4 is 0 Å². The van der Waals surface area contributed by atoms with Crippen molar-refractivity contribution in [3.63, 3.8) is 0 Å². The van der Waals surface area contributed by atoms with E-state index in [1.165, 1.54) is 5.56 Å². The Kier molecular flexibility index (Phi) is 5.74. The van der Waals surface area contributed by atoms with Gasteiger partial charge >= 0.3 is 0 Å². The van der Waals surface area contributed by atoms with Crippen molar-refractivity contribution in [1.82, 2.24) is 9.80 Å². The fraction of sp³-hybridized carbons (Fsp3) is 0.600. The highest BCUT2D eigenvalue weighted by atomic mass is 16.5. The van der Waals surface area contributed by atoms with Crippen molar-refractivity contribution >= 4 is 11.8 Å². The number of carbonyl (C=O) groups excluding carboxylic acids is 2. The van der Waals surface area contributed by atoms with E-state index in [2.05, 4.69) is 12.1 Å². The fourth-order valence-electron chi connectivity index (χ4n) is 3.99. The Morgan fingerprint density at radius 2 is 1.92 bits per heavy atom. The quantitative estimate of drug-likeness (QED) is 0.842. The van der Waals surface area contributed by atoms with Crippen molar-refractivity contribution in [3.8, 4) is 0 Å². The van der Waals surface area contributed by atoms with Crippen molar-refractivity contribution < 1.29 is 14.3 Å². The Morgan fingerprint density at radius 1 is 1.20 bits per heavy atom. The smallest absolute Gasteiger partial charge is 0.249 e. The summed E-state index contributed by atoms with van der Waals surface area (Å²) in [4.78, 5) is 28.7. The van der Waals surface area contributed by atoms with Crippen molar-refractivity contribution in [2.75, 3.05) is 19.7 Å². The van der Waals surface area contributed by atoms with Crippen molar-refractivity contribution in [3.05, 3.63) is 35.9 Å². The maximum atomic E-state index is 12.6. The largest absolute Gasteiger partial charge is 0.366 e. The first-order chi connectivity index (χ1) is 12.1. The molecule has 136 valence electrons. The molecular weight excluding hydrogens is 316 g/mol. The Balaban J connectivity index is 1.59. The number of nitrogens with zero attached hydrogens (tertiary/aromatic N) is 2. The molecule has 1 aromatic rings. The average Bonchev–Trinajstić information content (AvgIpc) is 2.82. The monoisotopic (exact) mass is 344 g/mol. The Labute approximate surface area is 149 Å². The van der Waals surface area contributed by atoms with Crippen LogP contribution in [-0.4, -0.2) is 59.5 Å². The molecule has 2 aliphatic rings. The van der Waals surface area contributed by atoms with Gasteiger partial charge in [0.2, 0.25) is 11.8 Å². The second kappa shape index (κ2) is 8.00. The summed E-state index contributed by atoms with van der Waals surface area (Å²) >= 11 is 0. The molecule has 3 rings (SSSR count). The minimum absolute atomic E-state index is 0.0482. The van der Waals surface area contributed by atoms with E-state index in [9.17, 15) is 9.59 Å². The third-order valence-corrected chi connectivity index (χ3v) is 5.25. The standard InChI is InChI=1S/C20H28N2O3/c1-15(2)22-17-10-12-21(13-11-18(17)25-14-20(22)24)19(23)9-8-16-6-4-3-5-7-16/h3-7,15,17-18H,8-14H2,1-2H3/t17-,18-/m0/s1. The summed E-state index contributed by atoms with van der Waals surface area (Å²) in [5.74, 6) is 0.269. The van der Waals surface area contributed by atoms with Gasteiger partial charge in [0.25, 0.3) is 0 Å². The van der Waals surface area contributed by atoms with Gasteiger partial charge < -0.3 is 14.5 Å². The second-order valence-electron chi connectivity index (χ2n) is 7.26. The van der Waals surface area contributed by atoms with E-state index in [4.69, 9.17) is 4.74 Å². The maximum absolute atomic E-state index is 12.6. The highest BCUT2D eigenvalue weighted by molar-refractivity contribution is 5.79. The van der Waals surface area contributed by atoms with Crippen LogP contribution in [0.15, 0.2) is 30.3 Å². The third kappa shape index (κ3) is 4.21. The van der Waals surface area contributed by atoms with Crippen LogP contribution in [-0.2, 0) is 20.7 Å². The molecule has 5 nitrogen and oxygen atoms in total. The Hall–Kier alpha value is -1.88. The molecule has 2 aliphatic heterocycles. The fourth-order valence-corrected chi connectivity index (χ4v) is 3.99. The molecule has 0 aromatic heterocycles. The number of fused-ring (bicyclic) bond motifs is 1. The van der Waals surface area contributed by atoms with Gasteiger partial charge in [-0.05, 0) is 38.7 Å². The SMILES string of the molecule is CC(C)N1C(=O)CO[C@H]2CCN(C(=O)CCc3ccccc3)CC[C@@H]21. The predicted octanol–water partition coefficient (Wildman–Crippen LogP) is 2.25. The normalized spacial score (nSPS) is 24.2. The van der Waals surface area contributed by atoms with E-state index in [-0.39, 0.29) is 36.6 Å². The first kappa shape index (κ1) is 17.9. The van der Waals surface area contributed by atoms with Crippen LogP contribution in [0.1, 0.15) is 38.7 Å². The first-order valence-corrected chi connectivity index (χ1v) is 9.30. The summed E-state index contributed by atoms with van der Waals surface area (Å²) in [7, 11) is 0. The zero-order valence-corrected chi connectivity index (χ0v) is 15.2. The number of likely N-dealkylation sites (tertiary alicyclic amines) is 1. The highest BCUT2D eigenvalue weighted by Crippen LogP contribution is 2.26. The molecule has 1 aromatic carbocycles. The summed E-state index contributed by atoms with van der Waals surface area (Å²) in [6, 6.07) is 10.4. The summed E-state index contributed by atoms with van der Waals surface area (Å²) in [6.07, 6.45) is 2.96. The lowest BCUT2D eigenvalue weighted by molar-refractivity contribution is -0.160. The number of hydrogen-bond acceptors (Lipinski definition) is 3. The number of ether oxygens (including phenoxy) is 1. The lowest BCUT2D eigenvalue weighted by atomic mass is 10.0. The molecule has 0 spiro atoms. The molecule has 2 atom stereocenters. The van der Waals surface area contributed by atoms with E-state index in [1.54, 1.807) is 0 Å². The van der Waals surface area contributed by atoms with Gasteiger partial charge in [0.15, 0.2) is 0 Å². The summed E-state index contributed by atoms with van der Waals surface area (Å²) < 4.78 is 5.78. The van der Waals surface area contributed by atoms with E-state index in [1.807, 2.05) is 41.8 Å². The molecular formula is C20H28N2O3. The maximum Gasteiger partial charge on any atom is 0.249 e. The second-order valence-corrected chi connectivity index (χ2v) is 7.26. The van der Waals surface area contributed by atoms with Crippen molar-refractivity contribution in [2.24, 2.45) is 0 Å². The molecule has 2 heterocycles. The minimum Gasteiger partial charge on any atom is -0.366 e. The van der Waals surface area contributed by atoms with E-state index in [0.29, 0.717) is 13.0 Å². The lowest BCUT2D eigenvalue weighted by Gasteiger charge is -2.42. The van der Waals surface area contributed by atoms with Crippen LogP contribution in [0.25, 0.3) is 0 Å². The minimum atomic E-state index is 0.0482. The van der Waals surface area contributed by atoms with Crippen LogP contribution >= 0.6 is 0 Å². The van der Waals surface area contributed by atoms with Gasteiger partial charge in [0.05, 0.1) is 12.1 Å². The van der Waals surface area contributed by atoms with Gasteiger partial charge in [-0.3, -0.25) is 9.59 Å². The molecule has 0 N–H and O–H groups in total. The summed E-state index contributed by atoms with van der Waals surface area (Å²) in [5, 5.41) is 0. The molecule has 2 fully saturated rings.